The van der Waals surface area contributed by atoms with Crippen LogP contribution in [0.4, 0.5) is 0 Å². The summed E-state index contributed by atoms with van der Waals surface area (Å²) in [5, 5.41) is 11.0. The fourth-order valence-corrected chi connectivity index (χ4v) is 4.39. The normalized spacial score (nSPS) is 33.9. The Labute approximate surface area is 139 Å². The van der Waals surface area contributed by atoms with Crippen molar-refractivity contribution in [3.63, 3.8) is 0 Å². The van der Waals surface area contributed by atoms with E-state index in [1.54, 1.807) is 0 Å². The van der Waals surface area contributed by atoms with Crippen molar-refractivity contribution in [2.24, 2.45) is 5.92 Å². The maximum Gasteiger partial charge on any atom is 0.0717 e. The van der Waals surface area contributed by atoms with Gasteiger partial charge in [-0.3, -0.25) is 0 Å². The molecule has 1 saturated heterocycles. The zero-order chi connectivity index (χ0) is 16.2. The molecule has 2 fully saturated rings. The largest absolute Gasteiger partial charge is 0.389 e. The van der Waals surface area contributed by atoms with Crippen LogP contribution in [0.3, 0.4) is 0 Å². The van der Waals surface area contributed by atoms with Gasteiger partial charge >= 0.3 is 0 Å². The highest BCUT2D eigenvalue weighted by Gasteiger charge is 2.49. The lowest BCUT2D eigenvalue weighted by molar-refractivity contribution is -0.136. The molecule has 1 heterocycles. The van der Waals surface area contributed by atoms with E-state index in [0.29, 0.717) is 25.6 Å². The predicted octanol–water partition coefficient (Wildman–Crippen LogP) is 3.86. The van der Waals surface area contributed by atoms with Crippen LogP contribution < -0.4 is 0 Å². The van der Waals surface area contributed by atoms with Gasteiger partial charge in [-0.25, -0.2) is 0 Å². The van der Waals surface area contributed by atoms with E-state index < -0.39 is 5.60 Å². The number of ether oxygens (including phenoxy) is 2. The molecular weight excluding hydrogens is 288 g/mol. The van der Waals surface area contributed by atoms with Crippen LogP contribution >= 0.6 is 0 Å². The maximum absolute atomic E-state index is 11.0. The summed E-state index contributed by atoms with van der Waals surface area (Å²) in [6.07, 6.45) is 7.13. The van der Waals surface area contributed by atoms with E-state index in [4.69, 9.17) is 9.47 Å². The predicted molar refractivity (Wildman–Crippen MR) is 91.1 cm³/mol. The first-order valence-electron chi connectivity index (χ1n) is 8.72. The fraction of sp³-hybridized carbons (Fsp3) is 0.600. The first-order valence-corrected chi connectivity index (χ1v) is 8.72. The first kappa shape index (κ1) is 16.7. The van der Waals surface area contributed by atoms with Gasteiger partial charge in [-0.2, -0.15) is 0 Å². The lowest BCUT2D eigenvalue weighted by Gasteiger charge is -2.46. The molecule has 23 heavy (non-hydrogen) atoms. The van der Waals surface area contributed by atoms with Gasteiger partial charge in [-0.15, -0.1) is 6.58 Å². The highest BCUT2D eigenvalue weighted by molar-refractivity contribution is 5.13. The molecule has 0 unspecified atom stereocenters. The molecule has 0 radical (unpaired) electrons. The van der Waals surface area contributed by atoms with Crippen LogP contribution in [0.2, 0.25) is 0 Å². The van der Waals surface area contributed by atoms with E-state index in [-0.39, 0.29) is 5.60 Å². The summed E-state index contributed by atoms with van der Waals surface area (Å²) in [5.74, 6) is 0.343. The van der Waals surface area contributed by atoms with Gasteiger partial charge in [-0.05, 0) is 43.6 Å². The summed E-state index contributed by atoms with van der Waals surface area (Å²) < 4.78 is 12.0. The van der Waals surface area contributed by atoms with Gasteiger partial charge in [-0.1, -0.05) is 36.4 Å². The Morgan fingerprint density at radius 1 is 1.30 bits per heavy atom. The van der Waals surface area contributed by atoms with Crippen molar-refractivity contribution < 1.29 is 14.6 Å². The van der Waals surface area contributed by atoms with Crippen LogP contribution in [-0.2, 0) is 16.1 Å². The van der Waals surface area contributed by atoms with Crippen molar-refractivity contribution in [2.75, 3.05) is 13.2 Å². The second-order valence-corrected chi connectivity index (χ2v) is 7.30. The fourth-order valence-electron chi connectivity index (χ4n) is 4.39. The Hall–Kier alpha value is -1.16. The third-order valence-corrected chi connectivity index (χ3v) is 5.15. The zero-order valence-corrected chi connectivity index (χ0v) is 13.9. The van der Waals surface area contributed by atoms with Crippen LogP contribution in [0.1, 0.15) is 44.1 Å². The highest BCUT2D eigenvalue weighted by Crippen LogP contribution is 2.47. The SMILES string of the molecule is C=CC[C@@]1(O)C[C@@H](COCc2ccccc2)C[C@]2(CCCO2)C1. The molecule has 1 aliphatic heterocycles. The summed E-state index contributed by atoms with van der Waals surface area (Å²) in [7, 11) is 0. The third kappa shape index (κ3) is 4.23. The monoisotopic (exact) mass is 316 g/mol. The van der Waals surface area contributed by atoms with Gasteiger partial charge < -0.3 is 14.6 Å². The van der Waals surface area contributed by atoms with Crippen molar-refractivity contribution in [3.05, 3.63) is 48.6 Å². The molecule has 0 amide bonds. The Morgan fingerprint density at radius 3 is 2.83 bits per heavy atom. The Morgan fingerprint density at radius 2 is 2.13 bits per heavy atom. The Bertz CT molecular complexity index is 507. The van der Waals surface area contributed by atoms with E-state index in [9.17, 15) is 5.11 Å². The molecule has 0 bridgehead atoms. The van der Waals surface area contributed by atoms with Gasteiger partial charge in [0, 0.05) is 13.0 Å². The van der Waals surface area contributed by atoms with E-state index in [1.165, 1.54) is 5.56 Å². The summed E-state index contributed by atoms with van der Waals surface area (Å²) in [5.41, 5.74) is 0.360. The summed E-state index contributed by atoms with van der Waals surface area (Å²) >= 11 is 0. The topological polar surface area (TPSA) is 38.7 Å². The molecular formula is C20H28O3. The van der Waals surface area contributed by atoms with Crippen LogP contribution in [-0.4, -0.2) is 29.5 Å². The molecule has 3 heteroatoms. The van der Waals surface area contributed by atoms with Crippen LogP contribution in [0.5, 0.6) is 0 Å². The molecule has 1 aliphatic carbocycles. The quantitative estimate of drug-likeness (QED) is 0.810. The van der Waals surface area contributed by atoms with E-state index in [2.05, 4.69) is 18.7 Å². The molecule has 3 rings (SSSR count). The van der Waals surface area contributed by atoms with Gasteiger partial charge in [0.2, 0.25) is 0 Å². The standard InChI is InChI=1S/C20H28O3/c1-2-9-19(21)12-18(13-20(16-19)10-6-11-23-20)15-22-14-17-7-4-3-5-8-17/h2-5,7-8,18,21H,1,6,9-16H2/t18-,19-,20-/m1/s1. The highest BCUT2D eigenvalue weighted by atomic mass is 16.5. The van der Waals surface area contributed by atoms with Crippen molar-refractivity contribution >= 4 is 0 Å². The number of hydrogen-bond acceptors (Lipinski definition) is 3. The van der Waals surface area contributed by atoms with Crippen molar-refractivity contribution in [3.8, 4) is 0 Å². The number of rotatable bonds is 6. The number of hydrogen-bond donors (Lipinski definition) is 1. The van der Waals surface area contributed by atoms with E-state index >= 15 is 0 Å². The van der Waals surface area contributed by atoms with E-state index in [0.717, 1.165) is 38.7 Å². The van der Waals surface area contributed by atoms with Gasteiger partial charge in [0.05, 0.1) is 24.4 Å². The minimum atomic E-state index is -0.689. The van der Waals surface area contributed by atoms with Gasteiger partial charge in [0.15, 0.2) is 0 Å². The molecule has 1 aromatic carbocycles. The van der Waals surface area contributed by atoms with Crippen LogP contribution in [0.15, 0.2) is 43.0 Å². The maximum atomic E-state index is 11.0. The van der Waals surface area contributed by atoms with Crippen molar-refractivity contribution in [1.29, 1.82) is 0 Å². The molecule has 1 spiro atoms. The molecule has 126 valence electrons. The second-order valence-electron chi connectivity index (χ2n) is 7.30. The molecule has 1 aromatic rings. The molecule has 3 atom stereocenters. The molecule has 0 aromatic heterocycles. The summed E-state index contributed by atoms with van der Waals surface area (Å²) in [6.45, 7) is 5.94. The third-order valence-electron chi connectivity index (χ3n) is 5.15. The zero-order valence-electron chi connectivity index (χ0n) is 13.9. The minimum absolute atomic E-state index is 0.142. The number of benzene rings is 1. The van der Waals surface area contributed by atoms with Crippen LogP contribution in [0, 0.1) is 5.92 Å². The molecule has 1 saturated carbocycles. The molecule has 1 N–H and O–H groups in total. The molecule has 3 nitrogen and oxygen atoms in total. The van der Waals surface area contributed by atoms with Crippen molar-refractivity contribution in [2.45, 2.75) is 56.3 Å². The average molecular weight is 316 g/mol. The lowest BCUT2D eigenvalue weighted by atomic mass is 9.68. The average Bonchev–Trinajstić information content (AvgIpc) is 2.95. The smallest absolute Gasteiger partial charge is 0.0717 e. The lowest BCUT2D eigenvalue weighted by Crippen LogP contribution is -2.49. The molecule has 2 aliphatic rings. The van der Waals surface area contributed by atoms with Crippen molar-refractivity contribution in [1.82, 2.24) is 0 Å². The first-order chi connectivity index (χ1) is 11.1. The Balaban J connectivity index is 1.60. The van der Waals surface area contributed by atoms with Gasteiger partial charge in [0.25, 0.3) is 0 Å². The summed E-state index contributed by atoms with van der Waals surface area (Å²) in [4.78, 5) is 0. The Kier molecular flexibility index (Phi) is 5.20. The summed E-state index contributed by atoms with van der Waals surface area (Å²) in [6, 6.07) is 10.2. The second kappa shape index (κ2) is 7.16. The minimum Gasteiger partial charge on any atom is -0.389 e. The van der Waals surface area contributed by atoms with E-state index in [1.807, 2.05) is 24.3 Å². The number of aliphatic hydroxyl groups is 1. The van der Waals surface area contributed by atoms with Crippen LogP contribution in [0.25, 0.3) is 0 Å². The van der Waals surface area contributed by atoms with Gasteiger partial charge in [0.1, 0.15) is 0 Å².